The Bertz CT molecular complexity index is 517. The Morgan fingerprint density at radius 2 is 2.00 bits per heavy atom. The molecular weight excluding hydrogens is 272 g/mol. The molecule has 0 aromatic heterocycles. The lowest BCUT2D eigenvalue weighted by Crippen LogP contribution is -2.51. The van der Waals surface area contributed by atoms with Gasteiger partial charge in [0.1, 0.15) is 24.9 Å². The molecule has 3 aliphatic heterocycles. The minimum absolute atomic E-state index is 0.0416. The molecule has 0 saturated carbocycles. The fourth-order valence-electron chi connectivity index (χ4n) is 3.04. The number of epoxide rings is 1. The molecular formula is C16H20O5. The summed E-state index contributed by atoms with van der Waals surface area (Å²) in [5, 5.41) is 0. The number of rotatable bonds is 3. The molecule has 3 aliphatic rings. The van der Waals surface area contributed by atoms with Crippen LogP contribution in [0.25, 0.3) is 0 Å². The van der Waals surface area contributed by atoms with Gasteiger partial charge in [-0.05, 0) is 19.4 Å². The predicted molar refractivity (Wildman–Crippen MR) is 73.5 cm³/mol. The lowest BCUT2D eigenvalue weighted by molar-refractivity contribution is -0.275. The molecule has 1 aromatic rings. The van der Waals surface area contributed by atoms with Gasteiger partial charge in [0.15, 0.2) is 5.79 Å². The Morgan fingerprint density at radius 3 is 2.71 bits per heavy atom. The second kappa shape index (κ2) is 4.76. The number of benzene rings is 1. The highest BCUT2D eigenvalue weighted by Crippen LogP contribution is 2.48. The largest absolute Gasteiger partial charge is 0.368 e. The summed E-state index contributed by atoms with van der Waals surface area (Å²) >= 11 is 0. The van der Waals surface area contributed by atoms with Crippen molar-refractivity contribution in [3.8, 4) is 0 Å². The molecule has 21 heavy (non-hydrogen) atoms. The van der Waals surface area contributed by atoms with Crippen LogP contribution in [0, 0.1) is 0 Å². The zero-order chi connectivity index (χ0) is 14.5. The van der Waals surface area contributed by atoms with Crippen LogP contribution in [0.2, 0.25) is 0 Å². The first-order chi connectivity index (χ1) is 10.1. The van der Waals surface area contributed by atoms with E-state index in [9.17, 15) is 0 Å². The van der Waals surface area contributed by atoms with Crippen LogP contribution in [0.3, 0.4) is 0 Å². The molecule has 0 aliphatic carbocycles. The molecule has 0 N–H and O–H groups in total. The van der Waals surface area contributed by atoms with E-state index in [2.05, 4.69) is 0 Å². The van der Waals surface area contributed by atoms with Gasteiger partial charge in [-0.1, -0.05) is 30.3 Å². The first-order valence-electron chi connectivity index (χ1n) is 7.37. The van der Waals surface area contributed by atoms with E-state index in [0.717, 1.165) is 5.56 Å². The van der Waals surface area contributed by atoms with Crippen molar-refractivity contribution in [2.45, 2.75) is 50.3 Å². The van der Waals surface area contributed by atoms with E-state index in [1.807, 2.05) is 44.2 Å². The maximum Gasteiger partial charge on any atom is 0.224 e. The van der Waals surface area contributed by atoms with Gasteiger partial charge in [0.2, 0.25) is 5.79 Å². The Labute approximate surface area is 124 Å². The standard InChI is InChI=1S/C16H20O5/c1-15(2)19-10-16(21-15)14-13(20-14)12(9-18-16)17-8-11-6-4-3-5-7-11/h3-7,12-14H,8-10H2,1-2H3/t12-,13-,14-,16+/m1/s1. The molecule has 5 heteroatoms. The lowest BCUT2D eigenvalue weighted by Gasteiger charge is -2.33. The summed E-state index contributed by atoms with van der Waals surface area (Å²) in [6.45, 7) is 5.22. The summed E-state index contributed by atoms with van der Waals surface area (Å²) in [6, 6.07) is 10.1. The summed E-state index contributed by atoms with van der Waals surface area (Å²) in [6.07, 6.45) is -0.0955. The molecule has 0 unspecified atom stereocenters. The molecule has 3 heterocycles. The Hall–Kier alpha value is -0.980. The van der Waals surface area contributed by atoms with Gasteiger partial charge in [-0.25, -0.2) is 0 Å². The van der Waals surface area contributed by atoms with Crippen molar-refractivity contribution in [1.82, 2.24) is 0 Å². The molecule has 3 saturated heterocycles. The summed E-state index contributed by atoms with van der Waals surface area (Å²) in [5.74, 6) is -1.37. The first kappa shape index (κ1) is 13.7. The van der Waals surface area contributed by atoms with Gasteiger partial charge in [-0.15, -0.1) is 0 Å². The van der Waals surface area contributed by atoms with E-state index in [0.29, 0.717) is 19.8 Å². The smallest absolute Gasteiger partial charge is 0.224 e. The summed E-state index contributed by atoms with van der Waals surface area (Å²) < 4.78 is 29.2. The van der Waals surface area contributed by atoms with E-state index in [1.165, 1.54) is 0 Å². The van der Waals surface area contributed by atoms with Gasteiger partial charge in [-0.3, -0.25) is 0 Å². The number of hydrogen-bond donors (Lipinski definition) is 0. The molecule has 0 bridgehead atoms. The minimum Gasteiger partial charge on any atom is -0.368 e. The van der Waals surface area contributed by atoms with Gasteiger partial charge in [0, 0.05) is 0 Å². The fourth-order valence-corrected chi connectivity index (χ4v) is 3.04. The minimum atomic E-state index is -0.749. The van der Waals surface area contributed by atoms with E-state index in [-0.39, 0.29) is 18.3 Å². The molecule has 3 fully saturated rings. The van der Waals surface area contributed by atoms with Crippen molar-refractivity contribution in [3.63, 3.8) is 0 Å². The van der Waals surface area contributed by atoms with Crippen LogP contribution in [-0.2, 0) is 30.3 Å². The summed E-state index contributed by atoms with van der Waals surface area (Å²) in [4.78, 5) is 0. The van der Waals surface area contributed by atoms with E-state index < -0.39 is 11.6 Å². The van der Waals surface area contributed by atoms with Gasteiger partial charge >= 0.3 is 0 Å². The molecule has 114 valence electrons. The third-order valence-corrected chi connectivity index (χ3v) is 4.16. The van der Waals surface area contributed by atoms with Crippen molar-refractivity contribution in [2.75, 3.05) is 13.2 Å². The van der Waals surface area contributed by atoms with Crippen molar-refractivity contribution in [2.24, 2.45) is 0 Å². The van der Waals surface area contributed by atoms with Crippen molar-refractivity contribution in [3.05, 3.63) is 35.9 Å². The van der Waals surface area contributed by atoms with Crippen LogP contribution < -0.4 is 0 Å². The van der Waals surface area contributed by atoms with Crippen LogP contribution in [0.1, 0.15) is 19.4 Å². The molecule has 1 aromatic carbocycles. The highest BCUT2D eigenvalue weighted by Gasteiger charge is 2.67. The highest BCUT2D eigenvalue weighted by molar-refractivity contribution is 5.14. The Balaban J connectivity index is 1.36. The monoisotopic (exact) mass is 292 g/mol. The predicted octanol–water partition coefficient (Wildman–Crippen LogP) is 1.85. The second-order valence-corrected chi connectivity index (χ2v) is 6.27. The maximum absolute atomic E-state index is 5.93. The average Bonchev–Trinajstić information content (AvgIpc) is 3.22. The van der Waals surface area contributed by atoms with Crippen LogP contribution in [0.15, 0.2) is 30.3 Å². The van der Waals surface area contributed by atoms with Gasteiger partial charge in [-0.2, -0.15) is 0 Å². The fraction of sp³-hybridized carbons (Fsp3) is 0.625. The Morgan fingerprint density at radius 1 is 1.19 bits per heavy atom. The second-order valence-electron chi connectivity index (χ2n) is 6.27. The lowest BCUT2D eigenvalue weighted by atomic mass is 10.0. The van der Waals surface area contributed by atoms with Crippen LogP contribution in [-0.4, -0.2) is 43.1 Å². The van der Waals surface area contributed by atoms with Gasteiger partial charge in [0.25, 0.3) is 0 Å². The average molecular weight is 292 g/mol. The van der Waals surface area contributed by atoms with Crippen LogP contribution >= 0.6 is 0 Å². The number of ether oxygens (including phenoxy) is 5. The maximum atomic E-state index is 5.93. The number of fused-ring (bicyclic) bond motifs is 2. The Kier molecular flexibility index (Phi) is 3.10. The molecule has 4 atom stereocenters. The van der Waals surface area contributed by atoms with E-state index in [1.54, 1.807) is 0 Å². The summed E-state index contributed by atoms with van der Waals surface area (Å²) in [5.41, 5.74) is 1.15. The highest BCUT2D eigenvalue weighted by atomic mass is 16.9. The first-order valence-corrected chi connectivity index (χ1v) is 7.37. The van der Waals surface area contributed by atoms with Gasteiger partial charge < -0.3 is 23.7 Å². The molecule has 0 radical (unpaired) electrons. The molecule has 4 rings (SSSR count). The molecule has 0 amide bonds. The molecule has 1 spiro atoms. The van der Waals surface area contributed by atoms with E-state index >= 15 is 0 Å². The van der Waals surface area contributed by atoms with Crippen molar-refractivity contribution < 1.29 is 23.7 Å². The SMILES string of the molecule is CC1(C)OC[C@]2(OC[C@@H](OCc3ccccc3)[C@H]3O[C@H]32)O1. The summed E-state index contributed by atoms with van der Waals surface area (Å²) in [7, 11) is 0. The third-order valence-electron chi connectivity index (χ3n) is 4.16. The zero-order valence-electron chi connectivity index (χ0n) is 12.3. The van der Waals surface area contributed by atoms with E-state index in [4.69, 9.17) is 23.7 Å². The topological polar surface area (TPSA) is 49.5 Å². The van der Waals surface area contributed by atoms with Crippen molar-refractivity contribution >= 4 is 0 Å². The zero-order valence-corrected chi connectivity index (χ0v) is 12.3. The number of hydrogen-bond acceptors (Lipinski definition) is 5. The normalized spacial score (nSPS) is 40.2. The van der Waals surface area contributed by atoms with Crippen LogP contribution in [0.4, 0.5) is 0 Å². The quantitative estimate of drug-likeness (QED) is 0.796. The van der Waals surface area contributed by atoms with Crippen molar-refractivity contribution in [1.29, 1.82) is 0 Å². The van der Waals surface area contributed by atoms with Gasteiger partial charge in [0.05, 0.1) is 13.2 Å². The third kappa shape index (κ3) is 2.49. The molecule has 5 nitrogen and oxygen atoms in total. The van der Waals surface area contributed by atoms with Crippen LogP contribution in [0.5, 0.6) is 0 Å².